The Morgan fingerprint density at radius 1 is 1.25 bits per heavy atom. The van der Waals surface area contributed by atoms with Crippen LogP contribution in [0.25, 0.3) is 11.5 Å². The van der Waals surface area contributed by atoms with Crippen LogP contribution in [0.2, 0.25) is 0 Å². The zero-order valence-electron chi connectivity index (χ0n) is 12.3. The molecule has 2 aromatic heterocycles. The minimum atomic E-state index is -0.455. The zero-order valence-corrected chi connectivity index (χ0v) is 13.1. The highest BCUT2D eigenvalue weighted by atomic mass is 32.2. The van der Waals surface area contributed by atoms with Gasteiger partial charge in [-0.1, -0.05) is 11.8 Å². The van der Waals surface area contributed by atoms with Crippen molar-refractivity contribution < 1.29 is 9.34 Å². The molecule has 0 bridgehead atoms. The van der Waals surface area contributed by atoms with Crippen molar-refractivity contribution in [2.45, 2.75) is 29.8 Å². The number of hydrogen-bond acceptors (Lipinski definition) is 9. The fourth-order valence-electron chi connectivity index (χ4n) is 2.11. The van der Waals surface area contributed by atoms with Gasteiger partial charge in [0.05, 0.1) is 16.7 Å². The van der Waals surface area contributed by atoms with Gasteiger partial charge in [0.15, 0.2) is 0 Å². The highest BCUT2D eigenvalue weighted by Gasteiger charge is 2.28. The first-order valence-corrected chi connectivity index (χ1v) is 8.17. The van der Waals surface area contributed by atoms with E-state index < -0.39 is 4.92 Å². The van der Waals surface area contributed by atoms with Gasteiger partial charge in [0.1, 0.15) is 0 Å². The molecule has 1 fully saturated rings. The lowest BCUT2D eigenvalue weighted by atomic mass is 10.2. The molecule has 0 saturated heterocycles. The first-order valence-electron chi connectivity index (χ1n) is 7.18. The molecule has 0 amide bonds. The quantitative estimate of drug-likeness (QED) is 0.375. The number of hydrogen-bond donors (Lipinski definition) is 0. The lowest BCUT2D eigenvalue weighted by Crippen LogP contribution is -1.98. The van der Waals surface area contributed by atoms with Crippen molar-refractivity contribution in [3.63, 3.8) is 0 Å². The minimum Gasteiger partial charge on any atom is -0.420 e. The lowest BCUT2D eigenvalue weighted by molar-refractivity contribution is -0.384. The molecule has 1 saturated carbocycles. The van der Waals surface area contributed by atoms with Crippen LogP contribution < -0.4 is 0 Å². The maximum atomic E-state index is 10.7. The summed E-state index contributed by atoms with van der Waals surface area (Å²) in [5, 5.41) is 31.0. The molecule has 1 aliphatic carbocycles. The van der Waals surface area contributed by atoms with Crippen LogP contribution in [0.5, 0.6) is 0 Å². The zero-order chi connectivity index (χ0) is 16.5. The van der Waals surface area contributed by atoms with E-state index in [4.69, 9.17) is 4.42 Å². The van der Waals surface area contributed by atoms with Gasteiger partial charge < -0.3 is 4.42 Å². The Balaban J connectivity index is 1.44. The molecular formula is C13H11N7O3S. The van der Waals surface area contributed by atoms with E-state index in [-0.39, 0.29) is 5.69 Å². The van der Waals surface area contributed by atoms with Gasteiger partial charge in [-0.3, -0.25) is 10.1 Å². The minimum absolute atomic E-state index is 0.0148. The predicted octanol–water partition coefficient (Wildman–Crippen LogP) is 2.26. The molecule has 1 aliphatic rings. The van der Waals surface area contributed by atoms with E-state index in [2.05, 4.69) is 25.7 Å². The lowest BCUT2D eigenvalue weighted by Gasteiger charge is -1.99. The van der Waals surface area contributed by atoms with Crippen LogP contribution in [0.3, 0.4) is 0 Å². The number of nitrogens with zero attached hydrogens (tertiary/aromatic N) is 7. The van der Waals surface area contributed by atoms with Crippen molar-refractivity contribution in [2.75, 3.05) is 0 Å². The average molecular weight is 345 g/mol. The molecule has 3 aromatic rings. The van der Waals surface area contributed by atoms with E-state index >= 15 is 0 Å². The fourth-order valence-corrected chi connectivity index (χ4v) is 2.89. The second-order valence-corrected chi connectivity index (χ2v) is 6.17. The Hall–Kier alpha value is -2.82. The van der Waals surface area contributed by atoms with Crippen molar-refractivity contribution in [1.29, 1.82) is 0 Å². The molecule has 11 heteroatoms. The number of tetrazole rings is 1. The molecule has 2 heterocycles. The largest absolute Gasteiger partial charge is 0.420 e. The van der Waals surface area contributed by atoms with Crippen LogP contribution in [0.4, 0.5) is 5.69 Å². The summed E-state index contributed by atoms with van der Waals surface area (Å²) in [6.07, 6.45) is 2.20. The first kappa shape index (κ1) is 14.8. The van der Waals surface area contributed by atoms with E-state index in [0.717, 1.165) is 18.0 Å². The Labute approximate surface area is 139 Å². The van der Waals surface area contributed by atoms with Gasteiger partial charge in [-0.05, 0) is 35.4 Å². The summed E-state index contributed by atoms with van der Waals surface area (Å²) in [4.78, 5) is 10.2. The Bertz CT molecular complexity index is 872. The topological polar surface area (TPSA) is 126 Å². The molecule has 0 radical (unpaired) electrons. The smallest absolute Gasteiger partial charge is 0.269 e. The van der Waals surface area contributed by atoms with Crippen LogP contribution in [-0.4, -0.2) is 35.3 Å². The Morgan fingerprint density at radius 3 is 2.75 bits per heavy atom. The van der Waals surface area contributed by atoms with Gasteiger partial charge in [0.25, 0.3) is 5.69 Å². The second kappa shape index (κ2) is 6.00. The number of benzene rings is 1. The summed E-state index contributed by atoms with van der Waals surface area (Å²) in [6.45, 7) is 0. The van der Waals surface area contributed by atoms with Crippen LogP contribution in [0.15, 0.2) is 33.8 Å². The van der Waals surface area contributed by atoms with E-state index in [9.17, 15) is 10.1 Å². The number of nitro groups is 1. The van der Waals surface area contributed by atoms with Crippen LogP contribution in [0.1, 0.15) is 24.8 Å². The molecule has 122 valence electrons. The third-order valence-corrected chi connectivity index (χ3v) is 4.39. The van der Waals surface area contributed by atoms with Gasteiger partial charge >= 0.3 is 0 Å². The van der Waals surface area contributed by atoms with Crippen molar-refractivity contribution >= 4 is 17.4 Å². The predicted molar refractivity (Wildman–Crippen MR) is 82.0 cm³/mol. The first-order chi connectivity index (χ1) is 11.7. The molecule has 10 nitrogen and oxygen atoms in total. The van der Waals surface area contributed by atoms with Gasteiger partial charge in [0, 0.05) is 17.7 Å². The highest BCUT2D eigenvalue weighted by Crippen LogP contribution is 2.36. The van der Waals surface area contributed by atoms with E-state index in [1.807, 2.05) is 4.68 Å². The summed E-state index contributed by atoms with van der Waals surface area (Å²) in [7, 11) is 0. The third-order valence-electron chi connectivity index (χ3n) is 3.47. The van der Waals surface area contributed by atoms with Gasteiger partial charge in [0.2, 0.25) is 16.9 Å². The maximum absolute atomic E-state index is 10.7. The second-order valence-electron chi connectivity index (χ2n) is 5.23. The fraction of sp³-hybridized carbons (Fsp3) is 0.308. The molecule has 0 N–H and O–H groups in total. The third kappa shape index (κ3) is 2.97. The standard InChI is InChI=1S/C13H11N7O3S/c21-20(22)10-3-1-8(2-4-10)12-15-14-11(23-12)7-24-13-16-17-18-19(13)9-5-6-9/h1-4,9H,5-7H2. The van der Waals surface area contributed by atoms with Crippen molar-refractivity contribution in [1.82, 2.24) is 30.4 Å². The molecule has 0 atom stereocenters. The summed E-state index contributed by atoms with van der Waals surface area (Å²) in [6, 6.07) is 6.36. The SMILES string of the molecule is O=[N+]([O-])c1ccc(-c2nnc(CSc3nnnn3C3CC3)o2)cc1. The van der Waals surface area contributed by atoms with Crippen LogP contribution in [-0.2, 0) is 5.75 Å². The van der Waals surface area contributed by atoms with Crippen LogP contribution in [0, 0.1) is 10.1 Å². The monoisotopic (exact) mass is 345 g/mol. The molecule has 4 rings (SSSR count). The number of nitro benzene ring substituents is 1. The average Bonchev–Trinajstić information content (AvgIpc) is 3.14. The normalized spacial score (nSPS) is 14.0. The number of thioether (sulfide) groups is 1. The number of non-ortho nitro benzene ring substituents is 1. The molecular weight excluding hydrogens is 334 g/mol. The number of aromatic nitrogens is 6. The Morgan fingerprint density at radius 2 is 2.04 bits per heavy atom. The van der Waals surface area contributed by atoms with Gasteiger partial charge in [-0.15, -0.1) is 15.3 Å². The Kier molecular flexibility index (Phi) is 3.69. The van der Waals surface area contributed by atoms with Crippen molar-refractivity contribution in [3.05, 3.63) is 40.3 Å². The molecule has 1 aromatic carbocycles. The summed E-state index contributed by atoms with van der Waals surface area (Å²) in [5.74, 6) is 1.22. The molecule has 0 unspecified atom stereocenters. The van der Waals surface area contributed by atoms with Gasteiger partial charge in [-0.25, -0.2) is 4.68 Å². The van der Waals surface area contributed by atoms with Crippen molar-refractivity contribution in [3.8, 4) is 11.5 Å². The van der Waals surface area contributed by atoms with Crippen molar-refractivity contribution in [2.24, 2.45) is 0 Å². The highest BCUT2D eigenvalue weighted by molar-refractivity contribution is 7.98. The van der Waals surface area contributed by atoms with E-state index in [0.29, 0.717) is 29.1 Å². The van der Waals surface area contributed by atoms with Crippen LogP contribution >= 0.6 is 11.8 Å². The van der Waals surface area contributed by atoms with E-state index in [1.54, 1.807) is 12.1 Å². The molecule has 24 heavy (non-hydrogen) atoms. The molecule has 0 spiro atoms. The van der Waals surface area contributed by atoms with E-state index in [1.165, 1.54) is 23.9 Å². The number of rotatable bonds is 6. The van der Waals surface area contributed by atoms with Gasteiger partial charge in [-0.2, -0.15) is 0 Å². The summed E-state index contributed by atoms with van der Waals surface area (Å²) >= 11 is 1.43. The molecule has 0 aliphatic heterocycles. The summed E-state index contributed by atoms with van der Waals surface area (Å²) in [5.41, 5.74) is 0.646. The maximum Gasteiger partial charge on any atom is 0.269 e. The summed E-state index contributed by atoms with van der Waals surface area (Å²) < 4.78 is 7.41.